The summed E-state index contributed by atoms with van der Waals surface area (Å²) in [5, 5.41) is 10.2. The maximum Gasteiger partial charge on any atom is 0.418 e. The molecule has 0 radical (unpaired) electrons. The van der Waals surface area contributed by atoms with Gasteiger partial charge in [-0.15, -0.1) is 11.8 Å². The Morgan fingerprint density at radius 2 is 2.10 bits per heavy atom. The number of hydrogen-bond donors (Lipinski definition) is 1. The maximum atomic E-state index is 12.8. The Morgan fingerprint density at radius 3 is 2.71 bits per heavy atom. The third-order valence-corrected chi connectivity index (χ3v) is 3.90. The van der Waals surface area contributed by atoms with E-state index in [1.807, 2.05) is 6.07 Å². The molecular weight excluding hydrogens is 301 g/mol. The lowest BCUT2D eigenvalue weighted by molar-refractivity contribution is -0.137. The summed E-state index contributed by atoms with van der Waals surface area (Å²) in [6.07, 6.45) is -3.46. The fraction of sp³-hybridized carbons (Fsp3) is 0.429. The van der Waals surface area contributed by atoms with Crippen LogP contribution in [0.25, 0.3) is 0 Å². The molecule has 1 N–H and O–H groups in total. The van der Waals surface area contributed by atoms with Gasteiger partial charge < -0.3 is 5.32 Å². The van der Waals surface area contributed by atoms with Gasteiger partial charge in [-0.2, -0.15) is 18.4 Å². The molecule has 0 aliphatic rings. The number of alkyl halides is 3. The molecule has 1 atom stereocenters. The van der Waals surface area contributed by atoms with Crippen molar-refractivity contribution >= 4 is 23.4 Å². The van der Waals surface area contributed by atoms with Crippen LogP contribution in [0.15, 0.2) is 24.3 Å². The van der Waals surface area contributed by atoms with Crippen LogP contribution in [0.2, 0.25) is 0 Å². The van der Waals surface area contributed by atoms with E-state index in [0.29, 0.717) is 18.6 Å². The molecule has 21 heavy (non-hydrogen) atoms. The van der Waals surface area contributed by atoms with Crippen molar-refractivity contribution < 1.29 is 18.0 Å². The normalized spacial score (nSPS) is 12.5. The molecule has 0 aromatic heterocycles. The van der Waals surface area contributed by atoms with Gasteiger partial charge in [0.05, 0.1) is 22.6 Å². The number of para-hydroxylation sites is 1. The number of benzene rings is 1. The van der Waals surface area contributed by atoms with Crippen molar-refractivity contribution in [2.75, 3.05) is 11.1 Å². The maximum absolute atomic E-state index is 12.8. The van der Waals surface area contributed by atoms with Gasteiger partial charge in [0.2, 0.25) is 5.91 Å². The number of halogens is 3. The molecule has 0 spiro atoms. The fourth-order valence-electron chi connectivity index (χ4n) is 1.56. The van der Waals surface area contributed by atoms with Gasteiger partial charge in [0.25, 0.3) is 0 Å². The molecule has 0 aliphatic heterocycles. The number of rotatable bonds is 6. The van der Waals surface area contributed by atoms with Crippen molar-refractivity contribution in [2.24, 2.45) is 0 Å². The number of nitrogens with zero attached hydrogens (tertiary/aromatic N) is 1. The Morgan fingerprint density at radius 1 is 1.43 bits per heavy atom. The van der Waals surface area contributed by atoms with E-state index in [-0.39, 0.29) is 5.69 Å². The van der Waals surface area contributed by atoms with Crippen molar-refractivity contribution in [1.29, 1.82) is 5.26 Å². The minimum atomic E-state index is -4.51. The number of anilines is 1. The average Bonchev–Trinajstić information content (AvgIpc) is 2.42. The summed E-state index contributed by atoms with van der Waals surface area (Å²) >= 11 is 1.31. The summed E-state index contributed by atoms with van der Waals surface area (Å²) in [5.41, 5.74) is -1.10. The van der Waals surface area contributed by atoms with Gasteiger partial charge in [-0.3, -0.25) is 4.79 Å². The highest BCUT2D eigenvalue weighted by atomic mass is 32.2. The highest BCUT2D eigenvalue weighted by Gasteiger charge is 2.33. The summed E-state index contributed by atoms with van der Waals surface area (Å²) in [4.78, 5) is 11.9. The van der Waals surface area contributed by atoms with Crippen LogP contribution in [0, 0.1) is 11.3 Å². The van der Waals surface area contributed by atoms with E-state index in [1.54, 1.807) is 6.92 Å². The first-order valence-electron chi connectivity index (χ1n) is 6.32. The largest absolute Gasteiger partial charge is 0.418 e. The predicted molar refractivity (Wildman–Crippen MR) is 76.8 cm³/mol. The predicted octanol–water partition coefficient (Wildman–Crippen LogP) is 4.07. The smallest absolute Gasteiger partial charge is 0.325 e. The van der Waals surface area contributed by atoms with Gasteiger partial charge in [-0.05, 0) is 31.2 Å². The monoisotopic (exact) mass is 316 g/mol. The Hall–Kier alpha value is -1.68. The number of thioether (sulfide) groups is 1. The number of amides is 1. The number of carbonyl (C=O) groups excluding carboxylic acids is 1. The van der Waals surface area contributed by atoms with Crippen molar-refractivity contribution in [3.05, 3.63) is 29.8 Å². The minimum Gasteiger partial charge on any atom is -0.325 e. The Balaban J connectivity index is 2.65. The van der Waals surface area contributed by atoms with E-state index in [2.05, 4.69) is 5.32 Å². The molecule has 114 valence electrons. The van der Waals surface area contributed by atoms with Crippen LogP contribution in [0.4, 0.5) is 18.9 Å². The van der Waals surface area contributed by atoms with Gasteiger partial charge in [-0.1, -0.05) is 12.1 Å². The van der Waals surface area contributed by atoms with Crippen LogP contribution in [-0.4, -0.2) is 16.9 Å². The first-order valence-corrected chi connectivity index (χ1v) is 7.36. The molecule has 0 saturated heterocycles. The molecule has 0 bridgehead atoms. The zero-order valence-corrected chi connectivity index (χ0v) is 12.2. The number of nitrogens with one attached hydrogen (secondary N) is 1. The quantitative estimate of drug-likeness (QED) is 0.805. The van der Waals surface area contributed by atoms with Crippen LogP contribution in [0.1, 0.15) is 25.3 Å². The summed E-state index contributed by atoms with van der Waals surface area (Å²) in [6, 6.07) is 6.87. The molecule has 0 heterocycles. The molecular formula is C14H15F3N2OS. The zero-order chi connectivity index (χ0) is 15.9. The second kappa shape index (κ2) is 7.93. The molecule has 0 saturated carbocycles. The molecule has 0 fully saturated rings. The van der Waals surface area contributed by atoms with Crippen LogP contribution in [0.3, 0.4) is 0 Å². The van der Waals surface area contributed by atoms with Crippen molar-refractivity contribution in [3.63, 3.8) is 0 Å². The summed E-state index contributed by atoms with van der Waals surface area (Å²) in [7, 11) is 0. The van der Waals surface area contributed by atoms with Crippen LogP contribution in [0.5, 0.6) is 0 Å². The first kappa shape index (κ1) is 17.4. The molecule has 1 unspecified atom stereocenters. The standard InChI is InChI=1S/C14H15F3N2OS/c1-10(21-9-5-4-8-18)13(20)19-12-7-3-2-6-11(12)14(15,16)17/h2-3,6-7,10H,4-5,9H2,1H3,(H,19,20). The van der Waals surface area contributed by atoms with Gasteiger partial charge in [0.1, 0.15) is 0 Å². The van der Waals surface area contributed by atoms with Crippen molar-refractivity contribution in [1.82, 2.24) is 0 Å². The van der Waals surface area contributed by atoms with Crippen LogP contribution < -0.4 is 5.32 Å². The second-order valence-electron chi connectivity index (χ2n) is 4.31. The Bertz CT molecular complexity index is 526. The van der Waals surface area contributed by atoms with Crippen molar-refractivity contribution in [2.45, 2.75) is 31.2 Å². The lowest BCUT2D eigenvalue weighted by Gasteiger charge is -2.16. The second-order valence-corrected chi connectivity index (χ2v) is 5.76. The molecule has 1 rings (SSSR count). The lowest BCUT2D eigenvalue weighted by Crippen LogP contribution is -2.24. The SMILES string of the molecule is CC(SCCCC#N)C(=O)Nc1ccccc1C(F)(F)F. The van der Waals surface area contributed by atoms with Crippen LogP contribution in [-0.2, 0) is 11.0 Å². The molecule has 1 amide bonds. The Kier molecular flexibility index (Phi) is 6.56. The van der Waals surface area contributed by atoms with E-state index < -0.39 is 22.9 Å². The van der Waals surface area contributed by atoms with Gasteiger partial charge in [-0.25, -0.2) is 0 Å². The molecule has 7 heteroatoms. The van der Waals surface area contributed by atoms with Gasteiger partial charge in [0.15, 0.2) is 0 Å². The highest BCUT2D eigenvalue weighted by molar-refractivity contribution is 8.00. The van der Waals surface area contributed by atoms with Gasteiger partial charge >= 0.3 is 6.18 Å². The third-order valence-electron chi connectivity index (χ3n) is 2.66. The summed E-state index contributed by atoms with van der Waals surface area (Å²) in [5.74, 6) is 0.136. The number of nitriles is 1. The third kappa shape index (κ3) is 5.68. The Labute approximate surface area is 125 Å². The number of unbranched alkanes of at least 4 members (excludes halogenated alkanes) is 1. The number of hydrogen-bond acceptors (Lipinski definition) is 3. The molecule has 1 aromatic carbocycles. The van der Waals surface area contributed by atoms with Crippen molar-refractivity contribution in [3.8, 4) is 6.07 Å². The molecule has 3 nitrogen and oxygen atoms in total. The van der Waals surface area contributed by atoms with E-state index >= 15 is 0 Å². The summed E-state index contributed by atoms with van der Waals surface area (Å²) < 4.78 is 38.4. The first-order chi connectivity index (χ1) is 9.86. The van der Waals surface area contributed by atoms with Crippen LogP contribution >= 0.6 is 11.8 Å². The zero-order valence-electron chi connectivity index (χ0n) is 11.4. The molecule has 1 aromatic rings. The number of carbonyl (C=O) groups is 1. The van der Waals surface area contributed by atoms with E-state index in [9.17, 15) is 18.0 Å². The fourth-order valence-corrected chi connectivity index (χ4v) is 2.44. The molecule has 0 aliphatic carbocycles. The summed E-state index contributed by atoms with van der Waals surface area (Å²) in [6.45, 7) is 1.63. The van der Waals surface area contributed by atoms with Gasteiger partial charge in [0, 0.05) is 6.42 Å². The lowest BCUT2D eigenvalue weighted by atomic mass is 10.1. The van der Waals surface area contributed by atoms with E-state index in [1.165, 1.54) is 30.0 Å². The average molecular weight is 316 g/mol. The van der Waals surface area contributed by atoms with E-state index in [0.717, 1.165) is 6.07 Å². The highest BCUT2D eigenvalue weighted by Crippen LogP contribution is 2.34. The topological polar surface area (TPSA) is 52.9 Å². The van der Waals surface area contributed by atoms with E-state index in [4.69, 9.17) is 5.26 Å². The minimum absolute atomic E-state index is 0.237.